The Kier molecular flexibility index (Phi) is 5.84. The third kappa shape index (κ3) is 4.08. The molecule has 2 heterocycles. The van der Waals surface area contributed by atoms with Crippen LogP contribution < -0.4 is 10.2 Å². The summed E-state index contributed by atoms with van der Waals surface area (Å²) in [5.41, 5.74) is 3.39. The molecule has 2 aliphatic heterocycles. The lowest BCUT2D eigenvalue weighted by atomic mass is 10.1. The second-order valence-electron chi connectivity index (χ2n) is 8.00. The molecular weight excluding hydrogens is 378 g/mol. The summed E-state index contributed by atoms with van der Waals surface area (Å²) in [6.07, 6.45) is 3.11. The Morgan fingerprint density at radius 1 is 1.10 bits per heavy atom. The van der Waals surface area contributed by atoms with Crippen LogP contribution in [0.5, 0.6) is 0 Å². The molecule has 1 N–H and O–H groups in total. The fourth-order valence-corrected chi connectivity index (χ4v) is 4.16. The van der Waals surface area contributed by atoms with Gasteiger partial charge in [-0.3, -0.25) is 14.4 Å². The number of likely N-dealkylation sites (tertiary alicyclic amines) is 1. The van der Waals surface area contributed by atoms with Crippen LogP contribution in [0.25, 0.3) is 0 Å². The summed E-state index contributed by atoms with van der Waals surface area (Å²) in [6.45, 7) is 3.97. The summed E-state index contributed by atoms with van der Waals surface area (Å²) in [5.74, 6) is -0.451. The minimum atomic E-state index is -0.322. The second kappa shape index (κ2) is 8.69. The standard InChI is InChI=1S/C24H27N3O3/c1-2-3-13-26-16-19(15-22(26)28)23(29)25-20-10-8-18(9-11-20)24(30)27-14-12-17-6-4-5-7-21(17)27/h4-11,19H,2-3,12-16H2,1H3,(H,25,29). The molecule has 1 unspecified atom stereocenters. The molecule has 0 bridgehead atoms. The lowest BCUT2D eigenvalue weighted by Gasteiger charge is -2.18. The number of fused-ring (bicyclic) bond motifs is 1. The van der Waals surface area contributed by atoms with Crippen LogP contribution in [-0.4, -0.2) is 42.3 Å². The summed E-state index contributed by atoms with van der Waals surface area (Å²) in [7, 11) is 0. The van der Waals surface area contributed by atoms with E-state index in [1.54, 1.807) is 34.1 Å². The van der Waals surface area contributed by atoms with Gasteiger partial charge in [-0.15, -0.1) is 0 Å². The van der Waals surface area contributed by atoms with Crippen molar-refractivity contribution in [2.75, 3.05) is 29.9 Å². The molecule has 1 fully saturated rings. The molecule has 0 aromatic heterocycles. The number of nitrogens with one attached hydrogen (secondary N) is 1. The van der Waals surface area contributed by atoms with Crippen LogP contribution in [0.4, 0.5) is 11.4 Å². The first-order chi connectivity index (χ1) is 14.6. The average Bonchev–Trinajstić information content (AvgIpc) is 3.36. The first kappa shape index (κ1) is 20.1. The topological polar surface area (TPSA) is 69.7 Å². The minimum Gasteiger partial charge on any atom is -0.342 e. The smallest absolute Gasteiger partial charge is 0.258 e. The number of rotatable bonds is 6. The predicted octanol–water partition coefficient (Wildman–Crippen LogP) is 3.48. The molecule has 0 aliphatic carbocycles. The first-order valence-corrected chi connectivity index (χ1v) is 10.6. The van der Waals surface area contributed by atoms with Gasteiger partial charge < -0.3 is 15.1 Å². The molecule has 6 heteroatoms. The summed E-state index contributed by atoms with van der Waals surface area (Å²) in [5, 5.41) is 2.89. The van der Waals surface area contributed by atoms with Gasteiger partial charge in [-0.2, -0.15) is 0 Å². The van der Waals surface area contributed by atoms with Gasteiger partial charge in [0.15, 0.2) is 0 Å². The summed E-state index contributed by atoms with van der Waals surface area (Å²) < 4.78 is 0. The fraction of sp³-hybridized carbons (Fsp3) is 0.375. The van der Waals surface area contributed by atoms with Crippen molar-refractivity contribution in [3.05, 3.63) is 59.7 Å². The number of para-hydroxylation sites is 1. The molecule has 3 amide bonds. The van der Waals surface area contributed by atoms with E-state index in [0.717, 1.165) is 31.5 Å². The zero-order valence-corrected chi connectivity index (χ0v) is 17.3. The normalized spacial score (nSPS) is 17.9. The van der Waals surface area contributed by atoms with Crippen molar-refractivity contribution in [3.63, 3.8) is 0 Å². The van der Waals surface area contributed by atoms with Crippen molar-refractivity contribution in [3.8, 4) is 0 Å². The molecule has 2 aromatic rings. The Balaban J connectivity index is 1.37. The number of benzene rings is 2. The van der Waals surface area contributed by atoms with E-state index in [1.165, 1.54) is 5.56 Å². The third-order valence-electron chi connectivity index (χ3n) is 5.90. The zero-order chi connectivity index (χ0) is 21.1. The molecule has 6 nitrogen and oxygen atoms in total. The van der Waals surface area contributed by atoms with Crippen molar-refractivity contribution in [1.29, 1.82) is 0 Å². The predicted molar refractivity (Wildman–Crippen MR) is 116 cm³/mol. The highest BCUT2D eigenvalue weighted by Crippen LogP contribution is 2.29. The zero-order valence-electron chi connectivity index (χ0n) is 17.3. The third-order valence-corrected chi connectivity index (χ3v) is 5.90. The molecule has 30 heavy (non-hydrogen) atoms. The number of amides is 3. The maximum Gasteiger partial charge on any atom is 0.258 e. The Labute approximate surface area is 176 Å². The van der Waals surface area contributed by atoms with Gasteiger partial charge in [-0.1, -0.05) is 31.5 Å². The molecular formula is C24H27N3O3. The van der Waals surface area contributed by atoms with Crippen LogP contribution in [0.3, 0.4) is 0 Å². The van der Waals surface area contributed by atoms with Crippen LogP contribution in [0, 0.1) is 5.92 Å². The molecule has 4 rings (SSSR count). The molecule has 0 spiro atoms. The van der Waals surface area contributed by atoms with E-state index in [9.17, 15) is 14.4 Å². The maximum absolute atomic E-state index is 12.9. The maximum atomic E-state index is 12.9. The number of hydrogen-bond acceptors (Lipinski definition) is 3. The van der Waals surface area contributed by atoms with Crippen LogP contribution >= 0.6 is 0 Å². The van der Waals surface area contributed by atoms with E-state index in [4.69, 9.17) is 0 Å². The molecule has 2 aromatic carbocycles. The highest BCUT2D eigenvalue weighted by molar-refractivity contribution is 6.07. The number of anilines is 2. The molecule has 2 aliphatic rings. The van der Waals surface area contributed by atoms with Gasteiger partial charge in [0, 0.05) is 43.0 Å². The van der Waals surface area contributed by atoms with Gasteiger partial charge in [0.05, 0.1) is 5.92 Å². The lowest BCUT2D eigenvalue weighted by molar-refractivity contribution is -0.128. The van der Waals surface area contributed by atoms with E-state index in [2.05, 4.69) is 18.3 Å². The molecule has 0 saturated carbocycles. The van der Waals surface area contributed by atoms with E-state index in [-0.39, 0.29) is 30.1 Å². The van der Waals surface area contributed by atoms with Gasteiger partial charge in [-0.25, -0.2) is 0 Å². The molecule has 1 atom stereocenters. The summed E-state index contributed by atoms with van der Waals surface area (Å²) >= 11 is 0. The van der Waals surface area contributed by atoms with Gasteiger partial charge in [0.1, 0.15) is 0 Å². The first-order valence-electron chi connectivity index (χ1n) is 10.6. The van der Waals surface area contributed by atoms with Crippen molar-refractivity contribution in [2.45, 2.75) is 32.6 Å². The quantitative estimate of drug-likeness (QED) is 0.800. The number of carbonyl (C=O) groups excluding carboxylic acids is 3. The monoisotopic (exact) mass is 405 g/mol. The van der Waals surface area contributed by atoms with Crippen molar-refractivity contribution >= 4 is 29.1 Å². The number of nitrogens with zero attached hydrogens (tertiary/aromatic N) is 2. The Morgan fingerprint density at radius 3 is 2.63 bits per heavy atom. The Hall–Kier alpha value is -3.15. The summed E-state index contributed by atoms with van der Waals surface area (Å²) in [6, 6.07) is 14.9. The van der Waals surface area contributed by atoms with Crippen LogP contribution in [0.2, 0.25) is 0 Å². The van der Waals surface area contributed by atoms with E-state index in [0.29, 0.717) is 24.3 Å². The fourth-order valence-electron chi connectivity index (χ4n) is 4.16. The van der Waals surface area contributed by atoms with Crippen molar-refractivity contribution in [1.82, 2.24) is 4.90 Å². The SMILES string of the molecule is CCCCN1CC(C(=O)Nc2ccc(C(=O)N3CCc4ccccc43)cc2)CC1=O. The van der Waals surface area contributed by atoms with Gasteiger partial charge in [-0.05, 0) is 48.7 Å². The van der Waals surface area contributed by atoms with Crippen molar-refractivity contribution in [2.24, 2.45) is 5.92 Å². The highest BCUT2D eigenvalue weighted by Gasteiger charge is 2.34. The average molecular weight is 405 g/mol. The molecule has 0 radical (unpaired) electrons. The van der Waals surface area contributed by atoms with Crippen LogP contribution in [0.15, 0.2) is 48.5 Å². The number of unbranched alkanes of at least 4 members (excludes halogenated alkanes) is 1. The largest absolute Gasteiger partial charge is 0.342 e. The minimum absolute atomic E-state index is 0.0363. The van der Waals surface area contributed by atoms with E-state index < -0.39 is 0 Å². The van der Waals surface area contributed by atoms with E-state index >= 15 is 0 Å². The highest BCUT2D eigenvalue weighted by atomic mass is 16.2. The van der Waals surface area contributed by atoms with Gasteiger partial charge >= 0.3 is 0 Å². The molecule has 156 valence electrons. The lowest BCUT2D eigenvalue weighted by Crippen LogP contribution is -2.29. The Morgan fingerprint density at radius 2 is 1.87 bits per heavy atom. The second-order valence-corrected chi connectivity index (χ2v) is 8.00. The van der Waals surface area contributed by atoms with Crippen LogP contribution in [-0.2, 0) is 16.0 Å². The Bertz CT molecular complexity index is 954. The molecule has 1 saturated heterocycles. The van der Waals surface area contributed by atoms with Crippen molar-refractivity contribution < 1.29 is 14.4 Å². The number of hydrogen-bond donors (Lipinski definition) is 1. The number of carbonyl (C=O) groups is 3. The van der Waals surface area contributed by atoms with Crippen LogP contribution in [0.1, 0.15) is 42.1 Å². The van der Waals surface area contributed by atoms with E-state index in [1.807, 2.05) is 18.2 Å². The van der Waals surface area contributed by atoms with Gasteiger partial charge in [0.2, 0.25) is 11.8 Å². The summed E-state index contributed by atoms with van der Waals surface area (Å²) in [4.78, 5) is 41.2. The van der Waals surface area contributed by atoms with Gasteiger partial charge in [0.25, 0.3) is 5.91 Å².